The van der Waals surface area contributed by atoms with Gasteiger partial charge in [0.15, 0.2) is 0 Å². The van der Waals surface area contributed by atoms with Crippen LogP contribution in [0.3, 0.4) is 0 Å². The second-order valence-corrected chi connectivity index (χ2v) is 6.57. The molecule has 26 heavy (non-hydrogen) atoms. The molecule has 0 spiro atoms. The van der Waals surface area contributed by atoms with Gasteiger partial charge < -0.3 is 10.6 Å². The number of carbonyl (C=O) groups excluding carboxylic acids is 3. The maximum absolute atomic E-state index is 12.7. The molecule has 0 aromatic heterocycles. The molecule has 3 amide bonds. The summed E-state index contributed by atoms with van der Waals surface area (Å²) in [6, 6.07) is 11.4. The summed E-state index contributed by atoms with van der Waals surface area (Å²) >= 11 is 6.11. The average molecular weight is 372 g/mol. The van der Waals surface area contributed by atoms with E-state index < -0.39 is 6.04 Å². The van der Waals surface area contributed by atoms with E-state index in [0.717, 1.165) is 10.5 Å². The summed E-state index contributed by atoms with van der Waals surface area (Å²) in [4.78, 5) is 37.2. The Bertz CT molecular complexity index is 880. The number of nitrogens with zero attached hydrogens (tertiary/aromatic N) is 1. The van der Waals surface area contributed by atoms with Crippen LogP contribution in [-0.2, 0) is 14.4 Å². The van der Waals surface area contributed by atoms with Crippen LogP contribution in [0.4, 0.5) is 17.1 Å². The van der Waals surface area contributed by atoms with Gasteiger partial charge in [0, 0.05) is 23.3 Å². The fourth-order valence-electron chi connectivity index (χ4n) is 2.79. The van der Waals surface area contributed by atoms with Gasteiger partial charge in [-0.1, -0.05) is 17.7 Å². The highest BCUT2D eigenvalue weighted by molar-refractivity contribution is 6.32. The number of nitrogens with one attached hydrogen (secondary N) is 2. The Morgan fingerprint density at radius 2 is 1.77 bits per heavy atom. The van der Waals surface area contributed by atoms with E-state index in [1.54, 1.807) is 42.5 Å². The summed E-state index contributed by atoms with van der Waals surface area (Å²) in [6.45, 7) is 3.29. The van der Waals surface area contributed by atoms with Crippen molar-refractivity contribution in [2.75, 3.05) is 15.5 Å². The summed E-state index contributed by atoms with van der Waals surface area (Å²) in [5, 5.41) is 6.25. The predicted octanol–water partition coefficient (Wildman–Crippen LogP) is 3.35. The first-order valence-corrected chi connectivity index (χ1v) is 8.50. The summed E-state index contributed by atoms with van der Waals surface area (Å²) < 4.78 is 0. The Labute approximate surface area is 156 Å². The molecule has 7 heteroatoms. The lowest BCUT2D eigenvalue weighted by Gasteiger charge is -2.17. The molecule has 2 N–H and O–H groups in total. The van der Waals surface area contributed by atoms with Gasteiger partial charge in [0.1, 0.15) is 6.04 Å². The minimum absolute atomic E-state index is 0.0672. The minimum atomic E-state index is -0.644. The Kier molecular flexibility index (Phi) is 4.95. The van der Waals surface area contributed by atoms with E-state index in [-0.39, 0.29) is 24.1 Å². The molecule has 3 rings (SSSR count). The first-order chi connectivity index (χ1) is 12.3. The molecular formula is C19H18ClN3O3. The van der Waals surface area contributed by atoms with E-state index in [2.05, 4.69) is 10.6 Å². The van der Waals surface area contributed by atoms with Gasteiger partial charge in [-0.3, -0.25) is 14.4 Å². The number of imide groups is 1. The molecule has 0 unspecified atom stereocenters. The van der Waals surface area contributed by atoms with E-state index in [1.165, 1.54) is 6.92 Å². The number of halogens is 1. The van der Waals surface area contributed by atoms with Crippen LogP contribution in [0, 0.1) is 6.92 Å². The first kappa shape index (κ1) is 17.9. The molecule has 6 nitrogen and oxygen atoms in total. The summed E-state index contributed by atoms with van der Waals surface area (Å²) in [6.07, 6.45) is 0.0672. The van der Waals surface area contributed by atoms with Gasteiger partial charge in [-0.2, -0.15) is 0 Å². The van der Waals surface area contributed by atoms with Gasteiger partial charge >= 0.3 is 0 Å². The van der Waals surface area contributed by atoms with Crippen LogP contribution in [0.25, 0.3) is 0 Å². The van der Waals surface area contributed by atoms with Crippen molar-refractivity contribution < 1.29 is 14.4 Å². The highest BCUT2D eigenvalue weighted by Gasteiger charge is 2.39. The van der Waals surface area contributed by atoms with E-state index in [1.807, 2.05) is 6.92 Å². The largest absolute Gasteiger partial charge is 0.373 e. The third kappa shape index (κ3) is 3.70. The van der Waals surface area contributed by atoms with Crippen molar-refractivity contribution in [3.8, 4) is 0 Å². The normalized spacial score (nSPS) is 16.7. The van der Waals surface area contributed by atoms with Crippen molar-refractivity contribution in [1.82, 2.24) is 0 Å². The summed E-state index contributed by atoms with van der Waals surface area (Å²) in [5.41, 5.74) is 2.70. The summed E-state index contributed by atoms with van der Waals surface area (Å²) in [5.74, 6) is -0.752. The van der Waals surface area contributed by atoms with Crippen molar-refractivity contribution >= 4 is 46.4 Å². The van der Waals surface area contributed by atoms with Gasteiger partial charge in [0.25, 0.3) is 5.91 Å². The number of hydrogen-bond acceptors (Lipinski definition) is 4. The lowest BCUT2D eigenvalue weighted by atomic mass is 10.2. The molecule has 0 bridgehead atoms. The number of anilines is 3. The van der Waals surface area contributed by atoms with E-state index in [9.17, 15) is 14.4 Å². The lowest BCUT2D eigenvalue weighted by Crippen LogP contribution is -2.34. The molecule has 2 aromatic carbocycles. The minimum Gasteiger partial charge on any atom is -0.373 e. The fourth-order valence-corrected chi connectivity index (χ4v) is 2.97. The van der Waals surface area contributed by atoms with Gasteiger partial charge in [-0.15, -0.1) is 0 Å². The van der Waals surface area contributed by atoms with Crippen LogP contribution in [0.1, 0.15) is 18.9 Å². The molecule has 1 fully saturated rings. The standard InChI is InChI=1S/C19H18ClN3O3/c1-11-3-8-15(9-16(11)20)23-18(25)10-17(19(23)26)22-14-6-4-13(5-7-14)21-12(2)24/h3-9,17,22H,10H2,1-2H3,(H,21,24)/t17-/m0/s1. The van der Waals surface area contributed by atoms with Crippen LogP contribution in [0.15, 0.2) is 42.5 Å². The molecule has 134 valence electrons. The zero-order valence-corrected chi connectivity index (χ0v) is 15.1. The van der Waals surface area contributed by atoms with Crippen LogP contribution in [-0.4, -0.2) is 23.8 Å². The monoisotopic (exact) mass is 371 g/mol. The Hall–Kier alpha value is -2.86. The van der Waals surface area contributed by atoms with Gasteiger partial charge in [-0.05, 0) is 48.9 Å². The molecule has 1 heterocycles. The molecule has 0 aliphatic carbocycles. The van der Waals surface area contributed by atoms with E-state index in [4.69, 9.17) is 11.6 Å². The maximum atomic E-state index is 12.7. The fraction of sp³-hybridized carbons (Fsp3) is 0.211. The molecule has 1 aliphatic rings. The van der Waals surface area contributed by atoms with Gasteiger partial charge in [-0.25, -0.2) is 4.90 Å². The van der Waals surface area contributed by atoms with Crippen molar-refractivity contribution in [3.63, 3.8) is 0 Å². The van der Waals surface area contributed by atoms with E-state index in [0.29, 0.717) is 22.1 Å². The van der Waals surface area contributed by atoms with Crippen LogP contribution >= 0.6 is 11.6 Å². The predicted molar refractivity (Wildman–Crippen MR) is 101 cm³/mol. The zero-order valence-electron chi connectivity index (χ0n) is 14.4. The molecule has 0 saturated carbocycles. The SMILES string of the molecule is CC(=O)Nc1ccc(N[C@H]2CC(=O)N(c3ccc(C)c(Cl)c3)C2=O)cc1. The number of benzene rings is 2. The smallest absolute Gasteiger partial charge is 0.256 e. The van der Waals surface area contributed by atoms with Crippen LogP contribution < -0.4 is 15.5 Å². The van der Waals surface area contributed by atoms with Gasteiger partial charge in [0.05, 0.1) is 12.1 Å². The Balaban J connectivity index is 1.74. The number of aryl methyl sites for hydroxylation is 1. The molecule has 1 atom stereocenters. The third-order valence-corrected chi connectivity index (χ3v) is 4.51. The van der Waals surface area contributed by atoms with Crippen LogP contribution in [0.5, 0.6) is 0 Å². The van der Waals surface area contributed by atoms with Crippen molar-refractivity contribution in [3.05, 3.63) is 53.1 Å². The van der Waals surface area contributed by atoms with Crippen molar-refractivity contribution in [2.45, 2.75) is 26.3 Å². The average Bonchev–Trinajstić information content (AvgIpc) is 2.85. The number of carbonyl (C=O) groups is 3. The third-order valence-electron chi connectivity index (χ3n) is 4.11. The molecule has 1 saturated heterocycles. The number of amides is 3. The topological polar surface area (TPSA) is 78.5 Å². The number of rotatable bonds is 4. The lowest BCUT2D eigenvalue weighted by molar-refractivity contribution is -0.121. The van der Waals surface area contributed by atoms with Crippen LogP contribution in [0.2, 0.25) is 5.02 Å². The number of hydrogen-bond donors (Lipinski definition) is 2. The highest BCUT2D eigenvalue weighted by atomic mass is 35.5. The molecular weight excluding hydrogens is 354 g/mol. The maximum Gasteiger partial charge on any atom is 0.256 e. The second kappa shape index (κ2) is 7.17. The molecule has 2 aromatic rings. The van der Waals surface area contributed by atoms with Crippen molar-refractivity contribution in [2.24, 2.45) is 0 Å². The van der Waals surface area contributed by atoms with Gasteiger partial charge in [0.2, 0.25) is 11.8 Å². The first-order valence-electron chi connectivity index (χ1n) is 8.12. The van der Waals surface area contributed by atoms with Crippen molar-refractivity contribution in [1.29, 1.82) is 0 Å². The van der Waals surface area contributed by atoms with E-state index >= 15 is 0 Å². The highest BCUT2D eigenvalue weighted by Crippen LogP contribution is 2.28. The summed E-state index contributed by atoms with van der Waals surface area (Å²) in [7, 11) is 0. The molecule has 1 aliphatic heterocycles. The Morgan fingerprint density at radius 1 is 1.12 bits per heavy atom. The molecule has 0 radical (unpaired) electrons. The quantitative estimate of drug-likeness (QED) is 0.808. The Morgan fingerprint density at radius 3 is 2.38 bits per heavy atom. The second-order valence-electron chi connectivity index (χ2n) is 6.16. The zero-order chi connectivity index (χ0) is 18.8.